The normalized spacial score (nSPS) is 15.2. The fraction of sp³-hybridized carbons (Fsp3) is 0.385. The molecule has 0 aliphatic heterocycles. The number of oxazole rings is 1. The quantitative estimate of drug-likeness (QED) is 0.879. The van der Waals surface area contributed by atoms with Crippen LogP contribution in [-0.4, -0.2) is 15.1 Å². The Hall–Kier alpha value is -1.68. The number of aliphatic hydroxyl groups is 1. The first-order chi connectivity index (χ1) is 8.26. The third-order valence-electron chi connectivity index (χ3n) is 2.90. The van der Waals surface area contributed by atoms with E-state index in [1.165, 1.54) is 12.8 Å². The van der Waals surface area contributed by atoms with Crippen molar-refractivity contribution in [1.82, 2.24) is 9.97 Å². The monoisotopic (exact) mass is 230 g/mol. The van der Waals surface area contributed by atoms with Crippen molar-refractivity contribution in [2.45, 2.75) is 32.3 Å². The standard InChI is InChI=1S/C13H14N2O2/c1-8-4-9(7-16)5-11(15-8)12-6-14-13(17-12)10-2-3-10/h4-6,10,16H,2-3,7H2,1H3. The summed E-state index contributed by atoms with van der Waals surface area (Å²) in [5.74, 6) is 2.00. The molecule has 1 saturated carbocycles. The van der Waals surface area contributed by atoms with Gasteiger partial charge in [-0.1, -0.05) is 0 Å². The minimum absolute atomic E-state index is 0.0139. The summed E-state index contributed by atoms with van der Waals surface area (Å²) in [6.45, 7) is 1.92. The molecule has 88 valence electrons. The Morgan fingerprint density at radius 3 is 2.94 bits per heavy atom. The van der Waals surface area contributed by atoms with Gasteiger partial charge < -0.3 is 9.52 Å². The molecule has 1 fully saturated rings. The fourth-order valence-electron chi connectivity index (χ4n) is 1.88. The SMILES string of the molecule is Cc1cc(CO)cc(-c2cnc(C3CC3)o2)n1. The molecule has 4 heteroatoms. The second-order valence-corrected chi connectivity index (χ2v) is 4.50. The van der Waals surface area contributed by atoms with Crippen LogP contribution < -0.4 is 0 Å². The highest BCUT2D eigenvalue weighted by molar-refractivity contribution is 5.52. The van der Waals surface area contributed by atoms with E-state index in [2.05, 4.69) is 9.97 Å². The van der Waals surface area contributed by atoms with Crippen LogP contribution in [0.2, 0.25) is 0 Å². The zero-order valence-electron chi connectivity index (χ0n) is 9.68. The molecule has 0 atom stereocenters. The molecular formula is C13H14N2O2. The van der Waals surface area contributed by atoms with Crippen LogP contribution in [0.15, 0.2) is 22.7 Å². The summed E-state index contributed by atoms with van der Waals surface area (Å²) in [4.78, 5) is 8.67. The van der Waals surface area contributed by atoms with Gasteiger partial charge in [0.1, 0.15) is 5.69 Å². The van der Waals surface area contributed by atoms with Gasteiger partial charge in [-0.15, -0.1) is 0 Å². The summed E-state index contributed by atoms with van der Waals surface area (Å²) < 4.78 is 5.69. The van der Waals surface area contributed by atoms with Gasteiger partial charge in [0.2, 0.25) is 0 Å². The van der Waals surface area contributed by atoms with Crippen LogP contribution in [0.1, 0.15) is 35.9 Å². The minimum atomic E-state index is 0.0139. The predicted molar refractivity (Wildman–Crippen MR) is 62.4 cm³/mol. The minimum Gasteiger partial charge on any atom is -0.439 e. The van der Waals surface area contributed by atoms with E-state index in [1.807, 2.05) is 19.1 Å². The number of nitrogens with zero attached hydrogens (tertiary/aromatic N) is 2. The highest BCUT2D eigenvalue weighted by Crippen LogP contribution is 2.40. The lowest BCUT2D eigenvalue weighted by Crippen LogP contribution is -1.91. The molecule has 0 amide bonds. The van der Waals surface area contributed by atoms with Gasteiger partial charge in [-0.25, -0.2) is 9.97 Å². The summed E-state index contributed by atoms with van der Waals surface area (Å²) in [6, 6.07) is 3.70. The van der Waals surface area contributed by atoms with Gasteiger partial charge in [0.25, 0.3) is 0 Å². The van der Waals surface area contributed by atoms with Crippen molar-refractivity contribution in [2.24, 2.45) is 0 Å². The maximum Gasteiger partial charge on any atom is 0.198 e. The van der Waals surface area contributed by atoms with E-state index >= 15 is 0 Å². The van der Waals surface area contributed by atoms with Gasteiger partial charge in [0, 0.05) is 11.6 Å². The van der Waals surface area contributed by atoms with Crippen LogP contribution in [0.3, 0.4) is 0 Å². The van der Waals surface area contributed by atoms with Gasteiger partial charge in [0.05, 0.1) is 12.8 Å². The van der Waals surface area contributed by atoms with Crippen LogP contribution in [0.5, 0.6) is 0 Å². The van der Waals surface area contributed by atoms with Crippen molar-refractivity contribution >= 4 is 0 Å². The lowest BCUT2D eigenvalue weighted by atomic mass is 10.2. The van der Waals surface area contributed by atoms with Crippen molar-refractivity contribution in [3.63, 3.8) is 0 Å². The van der Waals surface area contributed by atoms with Gasteiger partial charge in [-0.3, -0.25) is 0 Å². The molecule has 17 heavy (non-hydrogen) atoms. The molecule has 1 aliphatic carbocycles. The lowest BCUT2D eigenvalue weighted by molar-refractivity contribution is 0.281. The highest BCUT2D eigenvalue weighted by Gasteiger charge is 2.28. The maximum atomic E-state index is 9.16. The molecule has 2 aromatic rings. The van der Waals surface area contributed by atoms with Crippen LogP contribution in [-0.2, 0) is 6.61 Å². The largest absolute Gasteiger partial charge is 0.439 e. The third kappa shape index (κ3) is 2.08. The van der Waals surface area contributed by atoms with Gasteiger partial charge >= 0.3 is 0 Å². The van der Waals surface area contributed by atoms with Crippen LogP contribution in [0.25, 0.3) is 11.5 Å². The molecule has 3 rings (SSSR count). The second-order valence-electron chi connectivity index (χ2n) is 4.50. The number of aryl methyl sites for hydroxylation is 1. The summed E-state index contributed by atoms with van der Waals surface area (Å²) in [7, 11) is 0. The molecule has 2 heterocycles. The van der Waals surface area contributed by atoms with E-state index in [0.29, 0.717) is 11.7 Å². The van der Waals surface area contributed by atoms with Gasteiger partial charge in [-0.2, -0.15) is 0 Å². The number of hydrogen-bond donors (Lipinski definition) is 1. The predicted octanol–water partition coefficient (Wildman–Crippen LogP) is 2.41. The summed E-state index contributed by atoms with van der Waals surface area (Å²) in [5.41, 5.74) is 2.46. The van der Waals surface area contributed by atoms with Crippen molar-refractivity contribution in [3.8, 4) is 11.5 Å². The van der Waals surface area contributed by atoms with Crippen molar-refractivity contribution < 1.29 is 9.52 Å². The first-order valence-electron chi connectivity index (χ1n) is 5.81. The van der Waals surface area contributed by atoms with E-state index in [0.717, 1.165) is 22.8 Å². The first-order valence-corrected chi connectivity index (χ1v) is 5.81. The topological polar surface area (TPSA) is 59.2 Å². The zero-order chi connectivity index (χ0) is 11.8. The second kappa shape index (κ2) is 3.96. The fourth-order valence-corrected chi connectivity index (χ4v) is 1.88. The number of hydrogen-bond acceptors (Lipinski definition) is 4. The molecular weight excluding hydrogens is 216 g/mol. The van der Waals surface area contributed by atoms with E-state index < -0.39 is 0 Å². The van der Waals surface area contributed by atoms with Crippen LogP contribution in [0, 0.1) is 6.92 Å². The van der Waals surface area contributed by atoms with Gasteiger partial charge in [0.15, 0.2) is 11.7 Å². The third-order valence-corrected chi connectivity index (χ3v) is 2.90. The van der Waals surface area contributed by atoms with Crippen LogP contribution in [0.4, 0.5) is 0 Å². The number of rotatable bonds is 3. The van der Waals surface area contributed by atoms with Crippen molar-refractivity contribution in [3.05, 3.63) is 35.5 Å². The molecule has 0 spiro atoms. The summed E-state index contributed by atoms with van der Waals surface area (Å²) in [6.07, 6.45) is 4.06. The van der Waals surface area contributed by atoms with E-state index in [1.54, 1.807) is 6.20 Å². The summed E-state index contributed by atoms with van der Waals surface area (Å²) >= 11 is 0. The Morgan fingerprint density at radius 2 is 2.24 bits per heavy atom. The molecule has 0 unspecified atom stereocenters. The lowest BCUT2D eigenvalue weighted by Gasteiger charge is -2.02. The molecule has 0 radical (unpaired) electrons. The van der Waals surface area contributed by atoms with Crippen LogP contribution >= 0.6 is 0 Å². The molecule has 1 N–H and O–H groups in total. The maximum absolute atomic E-state index is 9.16. The zero-order valence-corrected chi connectivity index (χ0v) is 9.68. The first kappa shape index (κ1) is 10.5. The number of aliphatic hydroxyl groups excluding tert-OH is 1. The highest BCUT2D eigenvalue weighted by atomic mass is 16.4. The van der Waals surface area contributed by atoms with E-state index in [4.69, 9.17) is 9.52 Å². The Bertz CT molecular complexity index is 544. The summed E-state index contributed by atoms with van der Waals surface area (Å²) in [5, 5.41) is 9.16. The van der Waals surface area contributed by atoms with Crippen molar-refractivity contribution in [2.75, 3.05) is 0 Å². The molecule has 0 saturated heterocycles. The van der Waals surface area contributed by atoms with E-state index in [-0.39, 0.29) is 6.61 Å². The Morgan fingerprint density at radius 1 is 1.41 bits per heavy atom. The average Bonchev–Trinajstić information content (AvgIpc) is 3.06. The average molecular weight is 230 g/mol. The smallest absolute Gasteiger partial charge is 0.198 e. The van der Waals surface area contributed by atoms with E-state index in [9.17, 15) is 0 Å². The van der Waals surface area contributed by atoms with Crippen molar-refractivity contribution in [1.29, 1.82) is 0 Å². The Labute approximate surface area is 99.3 Å². The van der Waals surface area contributed by atoms with Gasteiger partial charge in [-0.05, 0) is 37.5 Å². The molecule has 1 aliphatic rings. The molecule has 0 aromatic carbocycles. The molecule has 2 aromatic heterocycles. The molecule has 4 nitrogen and oxygen atoms in total. The molecule has 0 bridgehead atoms. The Balaban J connectivity index is 1.98. The Kier molecular flexibility index (Phi) is 2.44. The number of aromatic nitrogens is 2. The number of pyridine rings is 1.